The summed E-state index contributed by atoms with van der Waals surface area (Å²) in [6, 6.07) is 7.57. The average Bonchev–Trinajstić information content (AvgIpc) is 2.41. The molecule has 1 heterocycles. The van der Waals surface area contributed by atoms with Crippen molar-refractivity contribution in [2.45, 2.75) is 46.1 Å². The fourth-order valence-electron chi connectivity index (χ4n) is 3.77. The van der Waals surface area contributed by atoms with Crippen LogP contribution in [0, 0.1) is 19.8 Å². The molecule has 0 aliphatic carbocycles. The summed E-state index contributed by atoms with van der Waals surface area (Å²) in [6.45, 7) is 10.4. The van der Waals surface area contributed by atoms with Gasteiger partial charge in [0.05, 0.1) is 0 Å². The number of likely N-dealkylation sites (tertiary alicyclic amines) is 1. The quantitative estimate of drug-likeness (QED) is 0.881. The maximum atomic E-state index is 3.40. The normalized spacial score (nSPS) is 24.0. The molecule has 2 nitrogen and oxygen atoms in total. The predicted molar refractivity (Wildman–Crippen MR) is 87.2 cm³/mol. The van der Waals surface area contributed by atoms with Crippen molar-refractivity contribution in [1.82, 2.24) is 10.2 Å². The lowest BCUT2D eigenvalue weighted by molar-refractivity contribution is 0.0920. The van der Waals surface area contributed by atoms with Crippen molar-refractivity contribution in [2.24, 2.45) is 5.92 Å². The molecule has 1 aromatic rings. The standard InChI is InChI=1S/C18H30N2/c1-5-10-20-11-6-7-16(13-19-4)18(20)17-9-8-14(2)12-15(17)3/h8-9,12,16,18-19H,5-7,10-11,13H2,1-4H3. The Labute approximate surface area is 124 Å². The van der Waals surface area contributed by atoms with Crippen LogP contribution < -0.4 is 5.32 Å². The summed E-state index contributed by atoms with van der Waals surface area (Å²) >= 11 is 0. The molecule has 0 radical (unpaired) electrons. The van der Waals surface area contributed by atoms with Crippen LogP contribution in [0.4, 0.5) is 0 Å². The zero-order valence-electron chi connectivity index (χ0n) is 13.6. The van der Waals surface area contributed by atoms with E-state index in [1.165, 1.54) is 43.5 Å². The van der Waals surface area contributed by atoms with Gasteiger partial charge < -0.3 is 5.32 Å². The molecule has 2 atom stereocenters. The first-order valence-corrected chi connectivity index (χ1v) is 8.13. The van der Waals surface area contributed by atoms with Gasteiger partial charge in [0.2, 0.25) is 0 Å². The van der Waals surface area contributed by atoms with E-state index >= 15 is 0 Å². The van der Waals surface area contributed by atoms with E-state index < -0.39 is 0 Å². The summed E-state index contributed by atoms with van der Waals surface area (Å²) in [4.78, 5) is 2.71. The molecule has 0 saturated carbocycles. The molecule has 1 N–H and O–H groups in total. The molecule has 2 heteroatoms. The third-order valence-corrected chi connectivity index (χ3v) is 4.58. The first kappa shape index (κ1) is 15.5. The number of aryl methyl sites for hydroxylation is 2. The first-order valence-electron chi connectivity index (χ1n) is 8.13. The number of piperidine rings is 1. The molecular weight excluding hydrogens is 244 g/mol. The summed E-state index contributed by atoms with van der Waals surface area (Å²) in [6.07, 6.45) is 3.93. The van der Waals surface area contributed by atoms with Gasteiger partial charge in [0.1, 0.15) is 0 Å². The van der Waals surface area contributed by atoms with Crippen molar-refractivity contribution in [3.8, 4) is 0 Å². The van der Waals surface area contributed by atoms with Crippen LogP contribution in [0.3, 0.4) is 0 Å². The van der Waals surface area contributed by atoms with Crippen LogP contribution in [0.15, 0.2) is 18.2 Å². The highest BCUT2D eigenvalue weighted by molar-refractivity contribution is 5.33. The van der Waals surface area contributed by atoms with Gasteiger partial charge >= 0.3 is 0 Å². The largest absolute Gasteiger partial charge is 0.319 e. The van der Waals surface area contributed by atoms with E-state index in [4.69, 9.17) is 0 Å². The van der Waals surface area contributed by atoms with Crippen molar-refractivity contribution >= 4 is 0 Å². The lowest BCUT2D eigenvalue weighted by atomic mass is 9.82. The minimum absolute atomic E-state index is 0.594. The zero-order valence-corrected chi connectivity index (χ0v) is 13.6. The summed E-state index contributed by atoms with van der Waals surface area (Å²) in [5.74, 6) is 0.738. The van der Waals surface area contributed by atoms with Gasteiger partial charge in [0.15, 0.2) is 0 Å². The molecule has 1 aliphatic rings. The highest BCUT2D eigenvalue weighted by atomic mass is 15.2. The van der Waals surface area contributed by atoms with Crippen molar-refractivity contribution in [1.29, 1.82) is 0 Å². The van der Waals surface area contributed by atoms with Gasteiger partial charge in [-0.25, -0.2) is 0 Å². The van der Waals surface area contributed by atoms with Gasteiger partial charge in [-0.2, -0.15) is 0 Å². The molecule has 2 unspecified atom stereocenters. The van der Waals surface area contributed by atoms with Crippen LogP contribution in [0.1, 0.15) is 48.9 Å². The second-order valence-corrected chi connectivity index (χ2v) is 6.30. The van der Waals surface area contributed by atoms with Gasteiger partial charge in [0.25, 0.3) is 0 Å². The summed E-state index contributed by atoms with van der Waals surface area (Å²) in [5.41, 5.74) is 4.37. The molecular formula is C18H30N2. The molecule has 1 saturated heterocycles. The van der Waals surface area contributed by atoms with Crippen LogP contribution >= 0.6 is 0 Å². The molecule has 0 spiro atoms. The fraction of sp³-hybridized carbons (Fsp3) is 0.667. The molecule has 1 aliphatic heterocycles. The second kappa shape index (κ2) is 7.24. The Balaban J connectivity index is 2.32. The van der Waals surface area contributed by atoms with Crippen molar-refractivity contribution in [3.63, 3.8) is 0 Å². The molecule has 0 amide bonds. The van der Waals surface area contributed by atoms with Gasteiger partial charge in [-0.05, 0) is 76.8 Å². The van der Waals surface area contributed by atoms with Crippen LogP contribution in [-0.4, -0.2) is 31.6 Å². The van der Waals surface area contributed by atoms with E-state index in [9.17, 15) is 0 Å². The Hall–Kier alpha value is -0.860. The van der Waals surface area contributed by atoms with Gasteiger partial charge in [-0.3, -0.25) is 4.90 Å². The van der Waals surface area contributed by atoms with E-state index in [0.717, 1.165) is 12.5 Å². The summed E-state index contributed by atoms with van der Waals surface area (Å²) in [5, 5.41) is 3.40. The summed E-state index contributed by atoms with van der Waals surface area (Å²) < 4.78 is 0. The number of nitrogens with zero attached hydrogens (tertiary/aromatic N) is 1. The molecule has 2 rings (SSSR count). The Morgan fingerprint density at radius 2 is 2.10 bits per heavy atom. The highest BCUT2D eigenvalue weighted by Gasteiger charge is 2.32. The van der Waals surface area contributed by atoms with E-state index in [1.54, 1.807) is 5.56 Å². The van der Waals surface area contributed by atoms with Crippen molar-refractivity contribution in [2.75, 3.05) is 26.7 Å². The number of nitrogens with one attached hydrogen (secondary N) is 1. The van der Waals surface area contributed by atoms with Crippen molar-refractivity contribution < 1.29 is 0 Å². The lowest BCUT2D eigenvalue weighted by Crippen LogP contribution is -2.42. The smallest absolute Gasteiger partial charge is 0.0391 e. The SMILES string of the molecule is CCCN1CCCC(CNC)C1c1ccc(C)cc1C. The Morgan fingerprint density at radius 1 is 1.30 bits per heavy atom. The number of hydrogen-bond acceptors (Lipinski definition) is 2. The van der Waals surface area contributed by atoms with Gasteiger partial charge in [0, 0.05) is 6.04 Å². The fourth-order valence-corrected chi connectivity index (χ4v) is 3.77. The molecule has 1 fully saturated rings. The minimum atomic E-state index is 0.594. The third kappa shape index (κ3) is 3.42. The Morgan fingerprint density at radius 3 is 2.75 bits per heavy atom. The van der Waals surface area contributed by atoms with E-state index in [1.807, 2.05) is 0 Å². The van der Waals surface area contributed by atoms with Crippen LogP contribution in [0.2, 0.25) is 0 Å². The topological polar surface area (TPSA) is 15.3 Å². The highest BCUT2D eigenvalue weighted by Crippen LogP contribution is 2.37. The average molecular weight is 274 g/mol. The van der Waals surface area contributed by atoms with Gasteiger partial charge in [-0.15, -0.1) is 0 Å². The Kier molecular flexibility index (Phi) is 5.62. The number of benzene rings is 1. The zero-order chi connectivity index (χ0) is 14.5. The van der Waals surface area contributed by atoms with Crippen molar-refractivity contribution in [3.05, 3.63) is 34.9 Å². The molecule has 1 aromatic carbocycles. The maximum absolute atomic E-state index is 3.40. The van der Waals surface area contributed by atoms with Crippen LogP contribution in [0.25, 0.3) is 0 Å². The van der Waals surface area contributed by atoms with Gasteiger partial charge in [-0.1, -0.05) is 30.7 Å². The molecule has 0 bridgehead atoms. The minimum Gasteiger partial charge on any atom is -0.319 e. The lowest BCUT2D eigenvalue weighted by Gasteiger charge is -2.42. The van der Waals surface area contributed by atoms with E-state index in [0.29, 0.717) is 6.04 Å². The molecule has 20 heavy (non-hydrogen) atoms. The Bertz CT molecular complexity index is 409. The second-order valence-electron chi connectivity index (χ2n) is 6.30. The number of rotatable bonds is 5. The first-order chi connectivity index (χ1) is 9.67. The number of hydrogen-bond donors (Lipinski definition) is 1. The van der Waals surface area contributed by atoms with Crippen LogP contribution in [0.5, 0.6) is 0 Å². The van der Waals surface area contributed by atoms with Crippen LogP contribution in [-0.2, 0) is 0 Å². The molecule has 112 valence electrons. The molecule has 0 aromatic heterocycles. The van der Waals surface area contributed by atoms with E-state index in [2.05, 4.69) is 56.2 Å². The summed E-state index contributed by atoms with van der Waals surface area (Å²) in [7, 11) is 2.08. The monoisotopic (exact) mass is 274 g/mol. The predicted octanol–water partition coefficient (Wildman–Crippen LogP) is 3.69. The third-order valence-electron chi connectivity index (χ3n) is 4.58. The maximum Gasteiger partial charge on any atom is 0.0391 e. The van der Waals surface area contributed by atoms with E-state index in [-0.39, 0.29) is 0 Å².